The molecular weight excluding hydrogens is 280 g/mol. The molecule has 2 N–H and O–H groups in total. The Morgan fingerprint density at radius 2 is 2.00 bits per heavy atom. The fraction of sp³-hybridized carbons (Fsp3) is 0.375. The van der Waals surface area contributed by atoms with E-state index in [4.69, 9.17) is 18.0 Å². The van der Waals surface area contributed by atoms with Crippen molar-refractivity contribution in [2.75, 3.05) is 38.1 Å². The quantitative estimate of drug-likeness (QED) is 0.860. The van der Waals surface area contributed by atoms with Crippen LogP contribution in [-0.4, -0.2) is 48.1 Å². The van der Waals surface area contributed by atoms with Crippen molar-refractivity contribution in [2.45, 2.75) is 6.42 Å². The minimum absolute atomic E-state index is 0.417. The van der Waals surface area contributed by atoms with Gasteiger partial charge in [0, 0.05) is 31.2 Å². The summed E-state index contributed by atoms with van der Waals surface area (Å²) in [6, 6.07) is 8.19. The van der Waals surface area contributed by atoms with Crippen LogP contribution in [-0.2, 0) is 0 Å². The molecular formula is C16H20N4S. The number of nitrogens with zero attached hydrogens (tertiary/aromatic N) is 3. The van der Waals surface area contributed by atoms with E-state index in [-0.39, 0.29) is 0 Å². The predicted octanol–water partition coefficient (Wildman–Crippen LogP) is 2.01. The van der Waals surface area contributed by atoms with Crippen LogP contribution >= 0.6 is 12.2 Å². The molecule has 110 valence electrons. The topological polar surface area (TPSA) is 45.4 Å². The van der Waals surface area contributed by atoms with Crippen LogP contribution in [0.2, 0.25) is 0 Å². The van der Waals surface area contributed by atoms with Crippen LogP contribution in [0.15, 0.2) is 30.5 Å². The van der Waals surface area contributed by atoms with Crippen LogP contribution in [0.3, 0.4) is 0 Å². The van der Waals surface area contributed by atoms with E-state index in [9.17, 15) is 0 Å². The maximum Gasteiger partial charge on any atom is 0.107 e. The van der Waals surface area contributed by atoms with Crippen LogP contribution < -0.4 is 10.6 Å². The van der Waals surface area contributed by atoms with Crippen LogP contribution in [0, 0.1) is 0 Å². The average molecular weight is 300 g/mol. The van der Waals surface area contributed by atoms with Gasteiger partial charge in [-0.05, 0) is 26.1 Å². The summed E-state index contributed by atoms with van der Waals surface area (Å²) in [6.45, 7) is 4.18. The summed E-state index contributed by atoms with van der Waals surface area (Å²) in [7, 11) is 2.17. The molecule has 4 nitrogen and oxygen atoms in total. The van der Waals surface area contributed by atoms with Gasteiger partial charge in [-0.1, -0.05) is 30.4 Å². The Balaban J connectivity index is 2.13. The van der Waals surface area contributed by atoms with Crippen molar-refractivity contribution < 1.29 is 0 Å². The highest BCUT2D eigenvalue weighted by Crippen LogP contribution is 2.30. The third-order valence-corrected chi connectivity index (χ3v) is 4.27. The summed E-state index contributed by atoms with van der Waals surface area (Å²) >= 11 is 5.24. The minimum atomic E-state index is 0.417. The SMILES string of the molecule is CN1CCCN(c2c(C(N)=S)cnc3ccccc23)CC1. The average Bonchev–Trinajstić information content (AvgIpc) is 2.70. The first-order valence-corrected chi connectivity index (χ1v) is 7.68. The number of aromatic nitrogens is 1. The molecule has 1 aliphatic heterocycles. The van der Waals surface area contributed by atoms with Crippen molar-refractivity contribution in [2.24, 2.45) is 5.73 Å². The Morgan fingerprint density at radius 1 is 1.19 bits per heavy atom. The highest BCUT2D eigenvalue weighted by Gasteiger charge is 2.19. The molecule has 0 bridgehead atoms. The van der Waals surface area contributed by atoms with Gasteiger partial charge in [-0.15, -0.1) is 0 Å². The number of likely N-dealkylation sites (N-methyl/N-ethyl adjacent to an activating group) is 1. The minimum Gasteiger partial charge on any atom is -0.389 e. The van der Waals surface area contributed by atoms with Gasteiger partial charge in [0.05, 0.1) is 16.8 Å². The second-order valence-corrected chi connectivity index (χ2v) is 5.99. The molecule has 1 aromatic carbocycles. The number of pyridine rings is 1. The summed E-state index contributed by atoms with van der Waals surface area (Å²) in [5, 5.41) is 1.13. The predicted molar refractivity (Wildman–Crippen MR) is 92.0 cm³/mol. The van der Waals surface area contributed by atoms with Gasteiger partial charge in [0.15, 0.2) is 0 Å². The Bertz CT molecular complexity index is 670. The van der Waals surface area contributed by atoms with Crippen molar-refractivity contribution >= 4 is 33.8 Å². The number of thiocarbonyl (C=S) groups is 1. The third-order valence-electron chi connectivity index (χ3n) is 4.05. The van der Waals surface area contributed by atoms with Crippen LogP contribution in [0.25, 0.3) is 10.9 Å². The zero-order chi connectivity index (χ0) is 14.8. The highest BCUT2D eigenvalue weighted by molar-refractivity contribution is 7.80. The Morgan fingerprint density at radius 3 is 2.81 bits per heavy atom. The zero-order valence-electron chi connectivity index (χ0n) is 12.2. The van der Waals surface area contributed by atoms with Gasteiger partial charge in [0.1, 0.15) is 4.99 Å². The molecule has 1 saturated heterocycles. The van der Waals surface area contributed by atoms with Crippen molar-refractivity contribution in [1.82, 2.24) is 9.88 Å². The molecule has 0 atom stereocenters. The van der Waals surface area contributed by atoms with Gasteiger partial charge in [-0.3, -0.25) is 4.98 Å². The first-order chi connectivity index (χ1) is 10.2. The molecule has 1 fully saturated rings. The van der Waals surface area contributed by atoms with Crippen molar-refractivity contribution in [3.8, 4) is 0 Å². The normalized spacial score (nSPS) is 16.9. The summed E-state index contributed by atoms with van der Waals surface area (Å²) in [6.07, 6.45) is 2.96. The van der Waals surface area contributed by atoms with Crippen molar-refractivity contribution in [3.05, 3.63) is 36.0 Å². The lowest BCUT2D eigenvalue weighted by Crippen LogP contribution is -2.31. The van der Waals surface area contributed by atoms with Gasteiger partial charge in [-0.25, -0.2) is 0 Å². The first kappa shape index (κ1) is 14.2. The number of hydrogen-bond donors (Lipinski definition) is 1. The van der Waals surface area contributed by atoms with E-state index in [2.05, 4.69) is 27.9 Å². The van der Waals surface area contributed by atoms with Crippen LogP contribution in [0.4, 0.5) is 5.69 Å². The summed E-state index contributed by atoms with van der Waals surface area (Å²) in [5.41, 5.74) is 8.95. The molecule has 5 heteroatoms. The third kappa shape index (κ3) is 2.84. The lowest BCUT2D eigenvalue weighted by Gasteiger charge is -2.26. The molecule has 2 heterocycles. The molecule has 1 aliphatic rings. The van der Waals surface area contributed by atoms with E-state index in [0.717, 1.165) is 54.8 Å². The fourth-order valence-electron chi connectivity index (χ4n) is 2.92. The number of para-hydroxylation sites is 1. The van der Waals surface area contributed by atoms with Gasteiger partial charge < -0.3 is 15.5 Å². The van der Waals surface area contributed by atoms with Crippen molar-refractivity contribution in [1.29, 1.82) is 0 Å². The molecule has 0 saturated carbocycles. The Hall–Kier alpha value is -1.72. The number of hydrogen-bond acceptors (Lipinski definition) is 4. The number of rotatable bonds is 2. The maximum absolute atomic E-state index is 5.93. The molecule has 21 heavy (non-hydrogen) atoms. The monoisotopic (exact) mass is 300 g/mol. The van der Waals surface area contributed by atoms with Crippen LogP contribution in [0.5, 0.6) is 0 Å². The van der Waals surface area contributed by atoms with Gasteiger partial charge >= 0.3 is 0 Å². The van der Waals surface area contributed by atoms with E-state index >= 15 is 0 Å². The zero-order valence-corrected chi connectivity index (χ0v) is 13.1. The summed E-state index contributed by atoms with van der Waals surface area (Å²) < 4.78 is 0. The fourth-order valence-corrected chi connectivity index (χ4v) is 3.07. The molecule has 1 aromatic heterocycles. The molecule has 2 aromatic rings. The van der Waals surface area contributed by atoms with E-state index in [1.807, 2.05) is 24.4 Å². The second-order valence-electron chi connectivity index (χ2n) is 5.55. The number of benzene rings is 1. The first-order valence-electron chi connectivity index (χ1n) is 7.28. The van der Waals surface area contributed by atoms with Gasteiger partial charge in [0.25, 0.3) is 0 Å². The molecule has 0 unspecified atom stereocenters. The number of nitrogens with two attached hydrogens (primary N) is 1. The highest BCUT2D eigenvalue weighted by atomic mass is 32.1. The lowest BCUT2D eigenvalue weighted by atomic mass is 10.1. The molecule has 0 radical (unpaired) electrons. The molecule has 0 amide bonds. The van der Waals surface area contributed by atoms with E-state index < -0.39 is 0 Å². The molecule has 0 spiro atoms. The van der Waals surface area contributed by atoms with E-state index in [0.29, 0.717) is 4.99 Å². The Kier molecular flexibility index (Phi) is 4.03. The summed E-state index contributed by atoms with van der Waals surface area (Å²) in [5.74, 6) is 0. The van der Waals surface area contributed by atoms with Gasteiger partial charge in [-0.2, -0.15) is 0 Å². The number of fused-ring (bicyclic) bond motifs is 1. The molecule has 3 rings (SSSR count). The molecule has 0 aliphatic carbocycles. The van der Waals surface area contributed by atoms with Gasteiger partial charge in [0.2, 0.25) is 0 Å². The van der Waals surface area contributed by atoms with Crippen LogP contribution in [0.1, 0.15) is 12.0 Å². The maximum atomic E-state index is 5.93. The smallest absolute Gasteiger partial charge is 0.107 e. The standard InChI is InChI=1S/C16H20N4S/c1-19-7-4-8-20(10-9-19)15-12-5-2-3-6-14(12)18-11-13(15)16(17)21/h2-3,5-6,11H,4,7-10H2,1H3,(H2,17,21). The Labute approximate surface area is 130 Å². The number of anilines is 1. The van der Waals surface area contributed by atoms with Crippen molar-refractivity contribution in [3.63, 3.8) is 0 Å². The van der Waals surface area contributed by atoms with E-state index in [1.54, 1.807) is 0 Å². The summed E-state index contributed by atoms with van der Waals surface area (Å²) in [4.78, 5) is 9.68. The second kappa shape index (κ2) is 5.95. The lowest BCUT2D eigenvalue weighted by molar-refractivity contribution is 0.360. The largest absolute Gasteiger partial charge is 0.389 e. The van der Waals surface area contributed by atoms with E-state index in [1.165, 1.54) is 0 Å².